The third-order valence-corrected chi connectivity index (χ3v) is 4.03. The number of nitrogens with zero attached hydrogens (tertiary/aromatic N) is 2. The first-order valence-corrected chi connectivity index (χ1v) is 6.65. The number of rotatable bonds is 3. The quantitative estimate of drug-likeness (QED) is 0.627. The molecule has 3 nitrogen and oxygen atoms in total. The van der Waals surface area contributed by atoms with Gasteiger partial charge in [-0.1, -0.05) is 0 Å². The predicted molar refractivity (Wildman–Crippen MR) is 75.1 cm³/mol. The Hall–Kier alpha value is -1.68. The fourth-order valence-corrected chi connectivity index (χ4v) is 2.74. The number of aryl methyl sites for hydroxylation is 3. The average molecular weight is 260 g/mol. The van der Waals surface area contributed by atoms with Crippen LogP contribution in [0.5, 0.6) is 0 Å². The van der Waals surface area contributed by atoms with E-state index in [1.807, 2.05) is 39.3 Å². The van der Waals surface area contributed by atoms with Crippen LogP contribution < -0.4 is 0 Å². The summed E-state index contributed by atoms with van der Waals surface area (Å²) in [5.41, 5.74) is 3.60. The third kappa shape index (κ3) is 2.29. The third-order valence-electron chi connectivity index (χ3n) is 3.04. The maximum absolute atomic E-state index is 12.2. The van der Waals surface area contributed by atoms with Gasteiger partial charge in [-0.3, -0.25) is 9.48 Å². The lowest BCUT2D eigenvalue weighted by atomic mass is 10.1. The SMILES string of the molecule is Cc1ccsc1/C=C/C(=O)c1c(C)nn(C)c1C. The van der Waals surface area contributed by atoms with Gasteiger partial charge in [0.2, 0.25) is 0 Å². The van der Waals surface area contributed by atoms with Crippen molar-refractivity contribution in [2.75, 3.05) is 0 Å². The first kappa shape index (κ1) is 12.8. The smallest absolute Gasteiger partial charge is 0.189 e. The molecule has 0 N–H and O–H groups in total. The minimum Gasteiger partial charge on any atom is -0.289 e. The maximum atomic E-state index is 12.2. The van der Waals surface area contributed by atoms with Gasteiger partial charge in [0.15, 0.2) is 5.78 Å². The van der Waals surface area contributed by atoms with Crippen molar-refractivity contribution in [2.24, 2.45) is 7.05 Å². The van der Waals surface area contributed by atoms with Crippen molar-refractivity contribution in [3.8, 4) is 0 Å². The summed E-state index contributed by atoms with van der Waals surface area (Å²) in [6.07, 6.45) is 3.52. The van der Waals surface area contributed by atoms with E-state index in [-0.39, 0.29) is 5.78 Å². The van der Waals surface area contributed by atoms with E-state index < -0.39 is 0 Å². The van der Waals surface area contributed by atoms with Gasteiger partial charge >= 0.3 is 0 Å². The number of allylic oxidation sites excluding steroid dienone is 1. The summed E-state index contributed by atoms with van der Waals surface area (Å²) in [6, 6.07) is 2.05. The molecular weight excluding hydrogens is 244 g/mol. The Balaban J connectivity index is 2.28. The molecule has 2 rings (SSSR count). The summed E-state index contributed by atoms with van der Waals surface area (Å²) < 4.78 is 1.74. The molecule has 2 aromatic rings. The molecule has 0 bridgehead atoms. The highest BCUT2D eigenvalue weighted by Crippen LogP contribution is 2.19. The van der Waals surface area contributed by atoms with Crippen LogP contribution in [0.4, 0.5) is 0 Å². The average Bonchev–Trinajstić information content (AvgIpc) is 2.81. The largest absolute Gasteiger partial charge is 0.289 e. The van der Waals surface area contributed by atoms with Crippen LogP contribution in [0.1, 0.15) is 32.2 Å². The van der Waals surface area contributed by atoms with E-state index in [2.05, 4.69) is 11.2 Å². The molecule has 2 aromatic heterocycles. The van der Waals surface area contributed by atoms with E-state index >= 15 is 0 Å². The summed E-state index contributed by atoms with van der Waals surface area (Å²) in [4.78, 5) is 13.3. The van der Waals surface area contributed by atoms with Crippen LogP contribution in [-0.2, 0) is 7.05 Å². The lowest BCUT2D eigenvalue weighted by Gasteiger charge is -1.96. The van der Waals surface area contributed by atoms with E-state index in [1.54, 1.807) is 22.1 Å². The maximum Gasteiger partial charge on any atom is 0.189 e. The number of aromatic nitrogens is 2. The van der Waals surface area contributed by atoms with Crippen LogP contribution in [0.3, 0.4) is 0 Å². The van der Waals surface area contributed by atoms with Crippen LogP contribution in [-0.4, -0.2) is 15.6 Å². The molecule has 0 aliphatic rings. The second-order valence-corrected chi connectivity index (χ2v) is 5.28. The summed E-state index contributed by atoms with van der Waals surface area (Å²) in [7, 11) is 1.85. The molecule has 2 heterocycles. The fourth-order valence-electron chi connectivity index (χ4n) is 1.92. The monoisotopic (exact) mass is 260 g/mol. The number of hydrogen-bond donors (Lipinski definition) is 0. The van der Waals surface area contributed by atoms with E-state index in [9.17, 15) is 4.79 Å². The summed E-state index contributed by atoms with van der Waals surface area (Å²) >= 11 is 1.64. The minimum atomic E-state index is 0.0194. The Morgan fingerprint density at radius 2 is 2.11 bits per heavy atom. The van der Waals surface area contributed by atoms with Crippen molar-refractivity contribution in [1.82, 2.24) is 9.78 Å². The topological polar surface area (TPSA) is 34.9 Å². The van der Waals surface area contributed by atoms with Crippen LogP contribution in [0.2, 0.25) is 0 Å². The predicted octanol–water partition coefficient (Wildman–Crippen LogP) is 3.30. The molecular formula is C14H16N2OS. The normalized spacial score (nSPS) is 11.3. The zero-order chi connectivity index (χ0) is 13.3. The van der Waals surface area contributed by atoms with E-state index in [0.29, 0.717) is 5.56 Å². The van der Waals surface area contributed by atoms with Gasteiger partial charge in [0.25, 0.3) is 0 Å². The molecule has 0 aromatic carbocycles. The van der Waals surface area contributed by atoms with Crippen LogP contribution in [0, 0.1) is 20.8 Å². The molecule has 0 radical (unpaired) electrons. The van der Waals surface area contributed by atoms with Gasteiger partial charge in [0.05, 0.1) is 11.3 Å². The second-order valence-electron chi connectivity index (χ2n) is 4.33. The molecule has 0 aliphatic heterocycles. The molecule has 0 unspecified atom stereocenters. The number of ketones is 1. The standard InChI is InChI=1S/C14H16N2OS/c1-9-7-8-18-13(9)6-5-12(17)14-10(2)15-16(4)11(14)3/h5-8H,1-4H3/b6-5+. The Morgan fingerprint density at radius 1 is 1.39 bits per heavy atom. The van der Waals surface area contributed by atoms with Gasteiger partial charge in [-0.05, 0) is 49.9 Å². The molecule has 94 valence electrons. The van der Waals surface area contributed by atoms with E-state index in [4.69, 9.17) is 0 Å². The Morgan fingerprint density at radius 3 is 2.61 bits per heavy atom. The molecule has 4 heteroatoms. The Labute approximate surface area is 111 Å². The van der Waals surface area contributed by atoms with Crippen molar-refractivity contribution in [1.29, 1.82) is 0 Å². The molecule has 0 spiro atoms. The second kappa shape index (κ2) is 4.90. The number of carbonyl (C=O) groups is 1. The molecule has 0 saturated carbocycles. The summed E-state index contributed by atoms with van der Waals surface area (Å²) in [5.74, 6) is 0.0194. The summed E-state index contributed by atoms with van der Waals surface area (Å²) in [5, 5.41) is 6.29. The molecule has 0 amide bonds. The highest BCUT2D eigenvalue weighted by molar-refractivity contribution is 7.11. The lowest BCUT2D eigenvalue weighted by molar-refractivity contribution is 0.104. The van der Waals surface area contributed by atoms with Gasteiger partial charge in [-0.15, -0.1) is 11.3 Å². The van der Waals surface area contributed by atoms with Crippen molar-refractivity contribution in [3.63, 3.8) is 0 Å². The first-order chi connectivity index (χ1) is 8.50. The Bertz CT molecular complexity index is 620. The number of hydrogen-bond acceptors (Lipinski definition) is 3. The van der Waals surface area contributed by atoms with Crippen molar-refractivity contribution < 1.29 is 4.79 Å². The van der Waals surface area contributed by atoms with Gasteiger partial charge in [0.1, 0.15) is 0 Å². The first-order valence-electron chi connectivity index (χ1n) is 5.77. The molecule has 0 atom stereocenters. The molecule has 0 aliphatic carbocycles. The molecule has 0 fully saturated rings. The molecule has 0 saturated heterocycles. The van der Waals surface area contributed by atoms with Crippen molar-refractivity contribution in [2.45, 2.75) is 20.8 Å². The van der Waals surface area contributed by atoms with Gasteiger partial charge in [0, 0.05) is 17.6 Å². The zero-order valence-corrected chi connectivity index (χ0v) is 11.8. The van der Waals surface area contributed by atoms with Crippen LogP contribution >= 0.6 is 11.3 Å². The molecule has 18 heavy (non-hydrogen) atoms. The summed E-state index contributed by atoms with van der Waals surface area (Å²) in [6.45, 7) is 5.82. The van der Waals surface area contributed by atoms with E-state index in [1.165, 1.54) is 5.56 Å². The van der Waals surface area contributed by atoms with Gasteiger partial charge in [-0.2, -0.15) is 5.10 Å². The van der Waals surface area contributed by atoms with Crippen LogP contribution in [0.15, 0.2) is 17.5 Å². The van der Waals surface area contributed by atoms with Gasteiger partial charge < -0.3 is 0 Å². The number of carbonyl (C=O) groups excluding carboxylic acids is 1. The van der Waals surface area contributed by atoms with Crippen LogP contribution in [0.25, 0.3) is 6.08 Å². The lowest BCUT2D eigenvalue weighted by Crippen LogP contribution is -1.99. The number of thiophene rings is 1. The van der Waals surface area contributed by atoms with E-state index in [0.717, 1.165) is 16.3 Å². The fraction of sp³-hybridized carbons (Fsp3) is 0.286. The highest BCUT2D eigenvalue weighted by atomic mass is 32.1. The Kier molecular flexibility index (Phi) is 3.48. The van der Waals surface area contributed by atoms with Crippen molar-refractivity contribution >= 4 is 23.2 Å². The van der Waals surface area contributed by atoms with Crippen molar-refractivity contribution in [3.05, 3.63) is 44.9 Å². The highest BCUT2D eigenvalue weighted by Gasteiger charge is 2.14. The minimum absolute atomic E-state index is 0.0194. The van der Waals surface area contributed by atoms with Gasteiger partial charge in [-0.25, -0.2) is 0 Å². The zero-order valence-electron chi connectivity index (χ0n) is 11.0.